The number of ketones is 1. The molecule has 4 nitrogen and oxygen atoms in total. The number of carbonyl (C=O) groups is 1. The quantitative estimate of drug-likeness (QED) is 0.767. The molecule has 0 aromatic heterocycles. The van der Waals surface area contributed by atoms with E-state index in [1.807, 2.05) is 6.07 Å². The zero-order chi connectivity index (χ0) is 16.4. The number of benzene rings is 2. The Morgan fingerprint density at radius 3 is 2.65 bits per heavy atom. The Morgan fingerprint density at radius 1 is 1.22 bits per heavy atom. The molecule has 114 valence electrons. The van der Waals surface area contributed by atoms with Crippen LogP contribution in [0.5, 0.6) is 11.5 Å². The second-order valence-electron chi connectivity index (χ2n) is 4.68. The van der Waals surface area contributed by atoms with Gasteiger partial charge in [0.15, 0.2) is 12.4 Å². The molecule has 6 heteroatoms. The topological polar surface area (TPSA) is 59.3 Å². The third kappa shape index (κ3) is 3.02. The van der Waals surface area contributed by atoms with Gasteiger partial charge in [0.2, 0.25) is 5.78 Å². The number of allylic oxidation sites excluding steroid dienone is 1. The molecule has 0 spiro atoms. The van der Waals surface area contributed by atoms with Gasteiger partial charge in [-0.05, 0) is 30.3 Å². The average molecular weight is 346 g/mol. The van der Waals surface area contributed by atoms with E-state index in [1.165, 1.54) is 6.08 Å². The molecule has 0 atom stereocenters. The zero-order valence-electron chi connectivity index (χ0n) is 11.7. The molecule has 0 radical (unpaired) electrons. The summed E-state index contributed by atoms with van der Waals surface area (Å²) in [7, 11) is 0. The van der Waals surface area contributed by atoms with E-state index in [0.717, 1.165) is 0 Å². The SMILES string of the molecule is N#CCOc1ccc2c(c1)O/C(=C/c1c(Cl)cccc1Cl)C2=O. The van der Waals surface area contributed by atoms with E-state index in [-0.39, 0.29) is 18.1 Å². The largest absolute Gasteiger partial charge is 0.479 e. The van der Waals surface area contributed by atoms with Gasteiger partial charge in [-0.15, -0.1) is 0 Å². The Hall–Kier alpha value is -2.48. The minimum absolute atomic E-state index is 0.0787. The number of nitriles is 1. The van der Waals surface area contributed by atoms with Gasteiger partial charge in [-0.3, -0.25) is 4.79 Å². The normalized spacial score (nSPS) is 14.3. The molecule has 0 saturated carbocycles. The molecule has 0 unspecified atom stereocenters. The first-order chi connectivity index (χ1) is 11.1. The van der Waals surface area contributed by atoms with Crippen LogP contribution in [0.4, 0.5) is 0 Å². The van der Waals surface area contributed by atoms with E-state index in [1.54, 1.807) is 36.4 Å². The molecule has 0 amide bonds. The highest BCUT2D eigenvalue weighted by molar-refractivity contribution is 6.37. The number of fused-ring (bicyclic) bond motifs is 1. The lowest BCUT2D eigenvalue weighted by molar-refractivity contribution is 0.101. The number of Topliss-reactive ketones (excluding diaryl/α,β-unsaturated/α-hetero) is 1. The van der Waals surface area contributed by atoms with Gasteiger partial charge in [-0.1, -0.05) is 29.3 Å². The Kier molecular flexibility index (Phi) is 4.24. The monoisotopic (exact) mass is 345 g/mol. The zero-order valence-corrected chi connectivity index (χ0v) is 13.2. The molecule has 1 aliphatic heterocycles. The van der Waals surface area contributed by atoms with Crippen molar-refractivity contribution in [3.8, 4) is 17.6 Å². The molecule has 2 aromatic carbocycles. The predicted octanol–water partition coefficient (Wildman–Crippen LogP) is 4.51. The van der Waals surface area contributed by atoms with Crippen LogP contribution < -0.4 is 9.47 Å². The molecule has 3 rings (SSSR count). The first kappa shape index (κ1) is 15.4. The van der Waals surface area contributed by atoms with Crippen molar-refractivity contribution in [2.45, 2.75) is 0 Å². The van der Waals surface area contributed by atoms with Gasteiger partial charge in [-0.2, -0.15) is 5.26 Å². The fourth-order valence-electron chi connectivity index (χ4n) is 2.15. The van der Waals surface area contributed by atoms with Crippen LogP contribution in [0.2, 0.25) is 10.0 Å². The van der Waals surface area contributed by atoms with Crippen molar-refractivity contribution in [1.29, 1.82) is 5.26 Å². The van der Waals surface area contributed by atoms with Crippen LogP contribution in [0.1, 0.15) is 15.9 Å². The minimum Gasteiger partial charge on any atom is -0.479 e. The first-order valence-electron chi connectivity index (χ1n) is 6.62. The Labute approximate surface area is 142 Å². The lowest BCUT2D eigenvalue weighted by atomic mass is 10.1. The highest BCUT2D eigenvalue weighted by atomic mass is 35.5. The minimum atomic E-state index is -0.261. The van der Waals surface area contributed by atoms with Crippen LogP contribution >= 0.6 is 23.2 Å². The molecule has 0 N–H and O–H groups in total. The summed E-state index contributed by atoms with van der Waals surface area (Å²) in [4.78, 5) is 12.4. The molecular weight excluding hydrogens is 337 g/mol. The summed E-state index contributed by atoms with van der Waals surface area (Å²) in [6, 6.07) is 11.7. The van der Waals surface area contributed by atoms with Gasteiger partial charge in [0.25, 0.3) is 0 Å². The smallest absolute Gasteiger partial charge is 0.231 e. The van der Waals surface area contributed by atoms with Crippen molar-refractivity contribution in [1.82, 2.24) is 0 Å². The van der Waals surface area contributed by atoms with Crippen molar-refractivity contribution < 1.29 is 14.3 Å². The average Bonchev–Trinajstić information content (AvgIpc) is 2.85. The summed E-state index contributed by atoms with van der Waals surface area (Å²) >= 11 is 12.2. The van der Waals surface area contributed by atoms with Gasteiger partial charge in [0, 0.05) is 21.7 Å². The van der Waals surface area contributed by atoms with Crippen molar-refractivity contribution in [3.63, 3.8) is 0 Å². The van der Waals surface area contributed by atoms with E-state index in [0.29, 0.717) is 32.7 Å². The molecular formula is C17H9Cl2NO3. The first-order valence-corrected chi connectivity index (χ1v) is 7.38. The number of nitrogens with zero attached hydrogens (tertiary/aromatic N) is 1. The summed E-state index contributed by atoms with van der Waals surface area (Å²) in [5.41, 5.74) is 0.941. The summed E-state index contributed by atoms with van der Waals surface area (Å²) in [5.74, 6) is 0.699. The van der Waals surface area contributed by atoms with E-state index in [2.05, 4.69) is 0 Å². The third-order valence-electron chi connectivity index (χ3n) is 3.22. The van der Waals surface area contributed by atoms with Crippen LogP contribution in [0.3, 0.4) is 0 Å². The van der Waals surface area contributed by atoms with Gasteiger partial charge >= 0.3 is 0 Å². The number of halogens is 2. The van der Waals surface area contributed by atoms with Gasteiger partial charge in [0.1, 0.15) is 17.6 Å². The summed E-state index contributed by atoms with van der Waals surface area (Å²) in [5, 5.41) is 9.38. The van der Waals surface area contributed by atoms with Gasteiger partial charge < -0.3 is 9.47 Å². The fourth-order valence-corrected chi connectivity index (χ4v) is 2.66. The van der Waals surface area contributed by atoms with Crippen molar-refractivity contribution in [2.24, 2.45) is 0 Å². The molecule has 23 heavy (non-hydrogen) atoms. The highest BCUT2D eigenvalue weighted by Gasteiger charge is 2.28. The van der Waals surface area contributed by atoms with E-state index >= 15 is 0 Å². The maximum atomic E-state index is 12.4. The molecule has 0 saturated heterocycles. The Bertz CT molecular complexity index is 848. The molecule has 1 aliphatic rings. The van der Waals surface area contributed by atoms with Crippen LogP contribution in [-0.2, 0) is 0 Å². The fraction of sp³-hybridized carbons (Fsp3) is 0.0588. The maximum absolute atomic E-state index is 12.4. The predicted molar refractivity (Wildman–Crippen MR) is 86.9 cm³/mol. The highest BCUT2D eigenvalue weighted by Crippen LogP contribution is 2.36. The van der Waals surface area contributed by atoms with Crippen molar-refractivity contribution in [2.75, 3.05) is 6.61 Å². The Morgan fingerprint density at radius 2 is 1.96 bits per heavy atom. The molecule has 0 fully saturated rings. The summed E-state index contributed by atoms with van der Waals surface area (Å²) in [6.45, 7) is -0.0787. The van der Waals surface area contributed by atoms with E-state index < -0.39 is 0 Å². The molecule has 2 aromatic rings. The maximum Gasteiger partial charge on any atom is 0.231 e. The number of ether oxygens (including phenoxy) is 2. The second-order valence-corrected chi connectivity index (χ2v) is 5.49. The summed E-state index contributed by atoms with van der Waals surface area (Å²) in [6.07, 6.45) is 1.52. The van der Waals surface area contributed by atoms with Gasteiger partial charge in [0.05, 0.1) is 5.56 Å². The lowest BCUT2D eigenvalue weighted by Crippen LogP contribution is -1.98. The second kappa shape index (κ2) is 6.33. The molecule has 0 aliphatic carbocycles. The molecule has 1 heterocycles. The number of carbonyl (C=O) groups excluding carboxylic acids is 1. The van der Waals surface area contributed by atoms with Crippen molar-refractivity contribution >= 4 is 35.1 Å². The Balaban J connectivity index is 1.94. The van der Waals surface area contributed by atoms with Crippen LogP contribution in [0.15, 0.2) is 42.2 Å². The van der Waals surface area contributed by atoms with E-state index in [4.69, 9.17) is 37.9 Å². The number of hydrogen-bond acceptors (Lipinski definition) is 4. The van der Waals surface area contributed by atoms with Gasteiger partial charge in [-0.25, -0.2) is 0 Å². The standard InChI is InChI=1S/C17H9Cl2NO3/c18-13-2-1-3-14(19)12(13)9-16-17(21)11-5-4-10(22-7-6-20)8-15(11)23-16/h1-5,8-9H,7H2/b16-9+. The number of hydrogen-bond donors (Lipinski definition) is 0. The van der Waals surface area contributed by atoms with Crippen LogP contribution in [-0.4, -0.2) is 12.4 Å². The molecule has 0 bridgehead atoms. The van der Waals surface area contributed by atoms with Crippen LogP contribution in [0, 0.1) is 11.3 Å². The van der Waals surface area contributed by atoms with Crippen molar-refractivity contribution in [3.05, 3.63) is 63.3 Å². The third-order valence-corrected chi connectivity index (χ3v) is 3.88. The van der Waals surface area contributed by atoms with E-state index in [9.17, 15) is 4.79 Å². The number of rotatable bonds is 3. The lowest BCUT2D eigenvalue weighted by Gasteiger charge is -2.04. The summed E-state index contributed by atoms with van der Waals surface area (Å²) < 4.78 is 10.8. The van der Waals surface area contributed by atoms with Crippen LogP contribution in [0.25, 0.3) is 6.08 Å².